The number of rotatable bonds is 7. The SMILES string of the molecule is C=CC1CCC(c2ccc(OC(=O)C3CCC(c4ccc(OCC)c(F)c4F)CC3)c(F)c2F)CC1. The summed E-state index contributed by atoms with van der Waals surface area (Å²) in [5.41, 5.74) is 0.577. The van der Waals surface area contributed by atoms with Gasteiger partial charge in [-0.15, -0.1) is 6.58 Å². The summed E-state index contributed by atoms with van der Waals surface area (Å²) < 4.78 is 68.8. The number of halogens is 4. The van der Waals surface area contributed by atoms with Gasteiger partial charge in [-0.25, -0.2) is 8.78 Å². The van der Waals surface area contributed by atoms with Gasteiger partial charge < -0.3 is 9.47 Å². The molecule has 2 fully saturated rings. The van der Waals surface area contributed by atoms with Crippen LogP contribution in [0.25, 0.3) is 0 Å². The van der Waals surface area contributed by atoms with Gasteiger partial charge in [0.1, 0.15) is 0 Å². The topological polar surface area (TPSA) is 35.5 Å². The Morgan fingerprint density at radius 3 is 1.83 bits per heavy atom. The van der Waals surface area contributed by atoms with Crippen molar-refractivity contribution in [2.75, 3.05) is 6.61 Å². The van der Waals surface area contributed by atoms with Crippen LogP contribution in [0.5, 0.6) is 11.5 Å². The maximum Gasteiger partial charge on any atom is 0.314 e. The second kappa shape index (κ2) is 11.5. The van der Waals surface area contributed by atoms with Gasteiger partial charge in [0.15, 0.2) is 23.1 Å². The Labute approximate surface area is 209 Å². The van der Waals surface area contributed by atoms with Crippen LogP contribution in [0.2, 0.25) is 0 Å². The molecule has 0 radical (unpaired) electrons. The second-order valence-corrected chi connectivity index (χ2v) is 9.81. The molecule has 2 saturated carbocycles. The van der Waals surface area contributed by atoms with Crippen molar-refractivity contribution >= 4 is 5.97 Å². The quantitative estimate of drug-likeness (QED) is 0.166. The van der Waals surface area contributed by atoms with Gasteiger partial charge in [-0.1, -0.05) is 18.2 Å². The first-order chi connectivity index (χ1) is 17.3. The number of hydrogen-bond acceptors (Lipinski definition) is 3. The maximum atomic E-state index is 14.8. The summed E-state index contributed by atoms with van der Waals surface area (Å²) in [5, 5.41) is 0. The van der Waals surface area contributed by atoms with Gasteiger partial charge in [0.25, 0.3) is 0 Å². The van der Waals surface area contributed by atoms with E-state index >= 15 is 0 Å². The predicted molar refractivity (Wildman–Crippen MR) is 129 cm³/mol. The van der Waals surface area contributed by atoms with Gasteiger partial charge in [-0.05, 0) is 99.3 Å². The molecule has 3 nitrogen and oxygen atoms in total. The third kappa shape index (κ3) is 5.45. The van der Waals surface area contributed by atoms with E-state index in [0.29, 0.717) is 37.2 Å². The first-order valence-electron chi connectivity index (χ1n) is 12.8. The van der Waals surface area contributed by atoms with Crippen LogP contribution in [0.15, 0.2) is 36.9 Å². The van der Waals surface area contributed by atoms with E-state index in [1.54, 1.807) is 6.92 Å². The maximum absolute atomic E-state index is 14.8. The molecule has 0 aliphatic heterocycles. The molecule has 194 valence electrons. The van der Waals surface area contributed by atoms with Crippen LogP contribution in [0.3, 0.4) is 0 Å². The molecule has 0 heterocycles. The number of hydrogen-bond donors (Lipinski definition) is 0. The molecule has 0 saturated heterocycles. The minimum absolute atomic E-state index is 0.0661. The smallest absolute Gasteiger partial charge is 0.314 e. The monoisotopic (exact) mass is 504 g/mol. The third-order valence-electron chi connectivity index (χ3n) is 7.71. The molecule has 2 aliphatic rings. The zero-order chi connectivity index (χ0) is 25.8. The molecule has 0 unspecified atom stereocenters. The molecule has 0 spiro atoms. The van der Waals surface area contributed by atoms with Crippen molar-refractivity contribution in [3.63, 3.8) is 0 Å². The number of benzene rings is 2. The molecule has 36 heavy (non-hydrogen) atoms. The number of allylic oxidation sites excluding steroid dienone is 1. The van der Waals surface area contributed by atoms with Crippen LogP contribution < -0.4 is 9.47 Å². The molecule has 2 aromatic carbocycles. The predicted octanol–water partition coefficient (Wildman–Crippen LogP) is 7.98. The fraction of sp³-hybridized carbons (Fsp3) is 0.483. The summed E-state index contributed by atoms with van der Waals surface area (Å²) in [6.07, 6.45) is 6.88. The van der Waals surface area contributed by atoms with Crippen molar-refractivity contribution < 1.29 is 31.8 Å². The first kappa shape index (κ1) is 26.2. The average Bonchev–Trinajstić information content (AvgIpc) is 2.90. The van der Waals surface area contributed by atoms with Crippen LogP contribution in [0, 0.1) is 35.1 Å². The van der Waals surface area contributed by atoms with Gasteiger partial charge >= 0.3 is 5.97 Å². The lowest BCUT2D eigenvalue weighted by molar-refractivity contribution is -0.140. The van der Waals surface area contributed by atoms with E-state index in [9.17, 15) is 22.4 Å². The molecular weight excluding hydrogens is 472 g/mol. The Hall–Kier alpha value is -2.83. The van der Waals surface area contributed by atoms with Crippen molar-refractivity contribution in [2.24, 2.45) is 11.8 Å². The largest absolute Gasteiger partial charge is 0.491 e. The fourth-order valence-electron chi connectivity index (χ4n) is 5.57. The molecule has 0 bridgehead atoms. The van der Waals surface area contributed by atoms with Crippen molar-refractivity contribution in [3.8, 4) is 11.5 Å². The highest BCUT2D eigenvalue weighted by atomic mass is 19.2. The highest BCUT2D eigenvalue weighted by Crippen LogP contribution is 2.41. The van der Waals surface area contributed by atoms with Gasteiger partial charge in [-0.3, -0.25) is 4.79 Å². The highest BCUT2D eigenvalue weighted by molar-refractivity contribution is 5.75. The number of esters is 1. The molecule has 0 amide bonds. The Balaban J connectivity index is 1.36. The van der Waals surface area contributed by atoms with Crippen LogP contribution >= 0.6 is 0 Å². The van der Waals surface area contributed by atoms with E-state index in [1.807, 2.05) is 6.08 Å². The lowest BCUT2D eigenvalue weighted by Crippen LogP contribution is -2.26. The summed E-state index contributed by atoms with van der Waals surface area (Å²) >= 11 is 0. The van der Waals surface area contributed by atoms with Gasteiger partial charge in [0.2, 0.25) is 11.6 Å². The van der Waals surface area contributed by atoms with Gasteiger partial charge in [-0.2, -0.15) is 8.78 Å². The normalized spacial score (nSPS) is 24.2. The van der Waals surface area contributed by atoms with Crippen molar-refractivity contribution in [1.29, 1.82) is 0 Å². The molecular formula is C29H32F4O3. The standard InChI is InChI=1S/C29H32F4O3/c1-3-17-5-7-18(8-6-17)22-14-16-24(28(33)26(22)31)36-29(34)20-11-9-19(10-12-20)21-13-15-23(35-4-2)27(32)25(21)30/h3,13-20H,1,4-12H2,2H3. The van der Waals surface area contributed by atoms with E-state index in [1.165, 1.54) is 24.3 Å². The summed E-state index contributed by atoms with van der Waals surface area (Å²) in [5.74, 6) is -5.64. The Morgan fingerprint density at radius 1 is 0.806 bits per heavy atom. The summed E-state index contributed by atoms with van der Waals surface area (Å²) in [4.78, 5) is 12.7. The lowest BCUT2D eigenvalue weighted by atomic mass is 9.78. The number of carbonyl (C=O) groups excluding carboxylic acids is 1. The Bertz CT molecular complexity index is 1100. The third-order valence-corrected chi connectivity index (χ3v) is 7.71. The Kier molecular flexibility index (Phi) is 8.37. The van der Waals surface area contributed by atoms with Crippen LogP contribution in [0.4, 0.5) is 17.6 Å². The van der Waals surface area contributed by atoms with Crippen LogP contribution in [-0.2, 0) is 4.79 Å². The van der Waals surface area contributed by atoms with Gasteiger partial charge in [0, 0.05) is 0 Å². The first-order valence-corrected chi connectivity index (χ1v) is 12.8. The molecule has 0 atom stereocenters. The van der Waals surface area contributed by atoms with Crippen molar-refractivity contribution in [1.82, 2.24) is 0 Å². The number of carbonyl (C=O) groups is 1. The van der Waals surface area contributed by atoms with E-state index < -0.39 is 40.9 Å². The summed E-state index contributed by atoms with van der Waals surface area (Å²) in [7, 11) is 0. The molecule has 0 aromatic heterocycles. The molecule has 4 rings (SSSR count). The van der Waals surface area contributed by atoms with Crippen molar-refractivity contribution in [2.45, 2.75) is 70.1 Å². The zero-order valence-electron chi connectivity index (χ0n) is 20.5. The van der Waals surface area contributed by atoms with E-state index in [-0.39, 0.29) is 29.8 Å². The van der Waals surface area contributed by atoms with Gasteiger partial charge in [0.05, 0.1) is 12.5 Å². The highest BCUT2D eigenvalue weighted by Gasteiger charge is 2.32. The minimum Gasteiger partial charge on any atom is -0.491 e. The zero-order valence-corrected chi connectivity index (χ0v) is 20.5. The molecule has 7 heteroatoms. The molecule has 0 N–H and O–H groups in total. The van der Waals surface area contributed by atoms with E-state index in [4.69, 9.17) is 9.47 Å². The molecule has 2 aromatic rings. The second-order valence-electron chi connectivity index (χ2n) is 9.81. The lowest BCUT2D eigenvalue weighted by Gasteiger charge is -2.28. The Morgan fingerprint density at radius 2 is 1.31 bits per heavy atom. The van der Waals surface area contributed by atoms with Crippen LogP contribution in [0.1, 0.15) is 81.3 Å². The van der Waals surface area contributed by atoms with E-state index in [2.05, 4.69) is 6.58 Å². The van der Waals surface area contributed by atoms with Crippen molar-refractivity contribution in [3.05, 3.63) is 71.3 Å². The average molecular weight is 505 g/mol. The van der Waals surface area contributed by atoms with Crippen LogP contribution in [-0.4, -0.2) is 12.6 Å². The number of ether oxygens (including phenoxy) is 2. The minimum atomic E-state index is -1.15. The molecule has 2 aliphatic carbocycles. The fourth-order valence-corrected chi connectivity index (χ4v) is 5.57. The summed E-state index contributed by atoms with van der Waals surface area (Å²) in [6, 6.07) is 5.79. The summed E-state index contributed by atoms with van der Waals surface area (Å²) in [6.45, 7) is 5.73. The van der Waals surface area contributed by atoms with E-state index in [0.717, 1.165) is 25.7 Å².